The minimum atomic E-state index is -1.94. The average molecular weight is 453 g/mol. The van der Waals surface area contributed by atoms with E-state index in [-0.39, 0.29) is 24.0 Å². The van der Waals surface area contributed by atoms with Crippen molar-refractivity contribution in [3.05, 3.63) is 35.9 Å². The zero-order valence-corrected chi connectivity index (χ0v) is 21.1. The predicted molar refractivity (Wildman–Crippen MR) is 123 cm³/mol. The Bertz CT molecular complexity index is 717. The van der Waals surface area contributed by atoms with Gasteiger partial charge in [0.15, 0.2) is 14.4 Å². The van der Waals surface area contributed by atoms with Crippen LogP contribution in [0.1, 0.15) is 46.6 Å². The molecule has 1 saturated heterocycles. The molecule has 0 saturated carbocycles. The van der Waals surface area contributed by atoms with Crippen LogP contribution < -0.4 is 0 Å². The van der Waals surface area contributed by atoms with Crippen LogP contribution in [0.3, 0.4) is 0 Å². The summed E-state index contributed by atoms with van der Waals surface area (Å²) < 4.78 is 17.5. The SMILES string of the molecule is C[C@H](CO[Si](C)(C)C(C)(C)C)C1C[C@@](O)([C@H](C)COCc2ccccc2)[C@H](O)C(=O)O1. The Balaban J connectivity index is 1.99. The molecule has 0 aliphatic carbocycles. The van der Waals surface area contributed by atoms with Crippen LogP contribution in [-0.2, 0) is 25.3 Å². The molecule has 1 fully saturated rings. The van der Waals surface area contributed by atoms with Gasteiger partial charge in [0.25, 0.3) is 0 Å². The van der Waals surface area contributed by atoms with E-state index in [2.05, 4.69) is 33.9 Å². The maximum Gasteiger partial charge on any atom is 0.338 e. The molecule has 1 aliphatic heterocycles. The van der Waals surface area contributed by atoms with Gasteiger partial charge in [-0.2, -0.15) is 0 Å². The quantitative estimate of drug-likeness (QED) is 0.437. The van der Waals surface area contributed by atoms with Crippen molar-refractivity contribution in [2.24, 2.45) is 11.8 Å². The number of aliphatic hydroxyl groups is 2. The molecule has 176 valence electrons. The van der Waals surface area contributed by atoms with E-state index in [1.807, 2.05) is 37.3 Å². The molecular formula is C24H40O6Si. The minimum Gasteiger partial charge on any atom is -0.460 e. The molecular weight excluding hydrogens is 412 g/mol. The summed E-state index contributed by atoms with van der Waals surface area (Å²) in [5, 5.41) is 21.8. The molecule has 5 atom stereocenters. The molecule has 0 bridgehead atoms. The predicted octanol–water partition coefficient (Wildman–Crippen LogP) is 3.90. The Kier molecular flexibility index (Phi) is 8.50. The number of carbonyl (C=O) groups is 1. The van der Waals surface area contributed by atoms with Crippen molar-refractivity contribution in [2.45, 2.75) is 83.6 Å². The highest BCUT2D eigenvalue weighted by Crippen LogP contribution is 2.39. The van der Waals surface area contributed by atoms with Gasteiger partial charge in [-0.1, -0.05) is 65.0 Å². The number of hydrogen-bond donors (Lipinski definition) is 2. The lowest BCUT2D eigenvalue weighted by molar-refractivity contribution is -0.217. The molecule has 1 aromatic rings. The molecule has 7 heteroatoms. The molecule has 0 spiro atoms. The average Bonchev–Trinajstić information content (AvgIpc) is 2.69. The Labute approximate surface area is 188 Å². The lowest BCUT2D eigenvalue weighted by atomic mass is 9.76. The Morgan fingerprint density at radius 2 is 1.81 bits per heavy atom. The highest BCUT2D eigenvalue weighted by molar-refractivity contribution is 6.74. The van der Waals surface area contributed by atoms with Crippen molar-refractivity contribution in [1.29, 1.82) is 0 Å². The summed E-state index contributed by atoms with van der Waals surface area (Å²) in [6, 6.07) is 9.75. The van der Waals surface area contributed by atoms with E-state index in [4.69, 9.17) is 13.9 Å². The first kappa shape index (κ1) is 26.0. The topological polar surface area (TPSA) is 85.2 Å². The normalized spacial score (nSPS) is 26.9. The van der Waals surface area contributed by atoms with Crippen LogP contribution in [0.15, 0.2) is 30.3 Å². The summed E-state index contributed by atoms with van der Waals surface area (Å²) in [6.07, 6.45) is -1.97. The third-order valence-electron chi connectivity index (χ3n) is 6.97. The first-order chi connectivity index (χ1) is 14.3. The van der Waals surface area contributed by atoms with Crippen molar-refractivity contribution in [1.82, 2.24) is 0 Å². The summed E-state index contributed by atoms with van der Waals surface area (Å²) in [7, 11) is -1.94. The molecule has 1 heterocycles. The zero-order valence-electron chi connectivity index (χ0n) is 20.1. The fraction of sp³-hybridized carbons (Fsp3) is 0.708. The number of cyclic esters (lactones) is 1. The van der Waals surface area contributed by atoms with E-state index in [1.54, 1.807) is 6.92 Å². The van der Waals surface area contributed by atoms with Crippen LogP contribution in [0.2, 0.25) is 18.1 Å². The summed E-state index contributed by atoms with van der Waals surface area (Å²) in [6.45, 7) is 15.7. The summed E-state index contributed by atoms with van der Waals surface area (Å²) >= 11 is 0. The van der Waals surface area contributed by atoms with E-state index in [1.165, 1.54) is 0 Å². The Morgan fingerprint density at radius 3 is 2.39 bits per heavy atom. The van der Waals surface area contributed by atoms with Gasteiger partial charge in [-0.25, -0.2) is 4.79 Å². The molecule has 1 aromatic carbocycles. The van der Waals surface area contributed by atoms with Crippen LogP contribution in [0.25, 0.3) is 0 Å². The molecule has 6 nitrogen and oxygen atoms in total. The number of aliphatic hydroxyl groups excluding tert-OH is 1. The lowest BCUT2D eigenvalue weighted by Gasteiger charge is -2.45. The highest BCUT2D eigenvalue weighted by Gasteiger charge is 2.53. The summed E-state index contributed by atoms with van der Waals surface area (Å²) in [5.41, 5.74) is -0.582. The van der Waals surface area contributed by atoms with Crippen molar-refractivity contribution in [3.8, 4) is 0 Å². The van der Waals surface area contributed by atoms with Crippen LogP contribution in [0, 0.1) is 11.8 Å². The van der Waals surface area contributed by atoms with E-state index < -0.39 is 38.0 Å². The minimum absolute atomic E-state index is 0.0809. The van der Waals surface area contributed by atoms with Crippen molar-refractivity contribution < 1.29 is 28.9 Å². The number of carbonyl (C=O) groups excluding carboxylic acids is 1. The van der Waals surface area contributed by atoms with Gasteiger partial charge in [0.1, 0.15) is 11.7 Å². The van der Waals surface area contributed by atoms with Gasteiger partial charge < -0.3 is 24.1 Å². The van der Waals surface area contributed by atoms with Crippen molar-refractivity contribution >= 4 is 14.3 Å². The maximum absolute atomic E-state index is 12.4. The van der Waals surface area contributed by atoms with E-state index in [9.17, 15) is 15.0 Å². The van der Waals surface area contributed by atoms with E-state index in [0.717, 1.165) is 5.56 Å². The van der Waals surface area contributed by atoms with Crippen LogP contribution >= 0.6 is 0 Å². The number of ether oxygens (including phenoxy) is 2. The van der Waals surface area contributed by atoms with Crippen LogP contribution in [0.4, 0.5) is 0 Å². The second kappa shape index (κ2) is 10.1. The second-order valence-corrected chi connectivity index (χ2v) is 15.3. The zero-order chi connectivity index (χ0) is 23.4. The van der Waals surface area contributed by atoms with Crippen molar-refractivity contribution in [2.75, 3.05) is 13.2 Å². The highest BCUT2D eigenvalue weighted by atomic mass is 28.4. The van der Waals surface area contributed by atoms with Crippen molar-refractivity contribution in [3.63, 3.8) is 0 Å². The second-order valence-electron chi connectivity index (χ2n) is 10.5. The fourth-order valence-corrected chi connectivity index (χ4v) is 4.53. The molecule has 2 N–H and O–H groups in total. The standard InChI is InChI=1S/C24H40O6Si/c1-17(14-29-31(6,7)23(3,4)5)20-13-24(27,21(25)22(26)30-20)18(2)15-28-16-19-11-9-8-10-12-19/h8-12,17-18,20-21,25,27H,13-16H2,1-7H3/t17-,18-,20?,21-,24-/m1/s1. The number of rotatable bonds is 9. The largest absolute Gasteiger partial charge is 0.460 e. The van der Waals surface area contributed by atoms with Gasteiger partial charge in [0.05, 0.1) is 13.2 Å². The summed E-state index contributed by atoms with van der Waals surface area (Å²) in [4.78, 5) is 12.4. The molecule has 2 rings (SSSR count). The third kappa shape index (κ3) is 6.39. The monoisotopic (exact) mass is 452 g/mol. The van der Waals surface area contributed by atoms with Gasteiger partial charge >= 0.3 is 5.97 Å². The number of benzene rings is 1. The fourth-order valence-electron chi connectivity index (χ4n) is 3.42. The van der Waals surface area contributed by atoms with E-state index >= 15 is 0 Å². The molecule has 1 aliphatic rings. The summed E-state index contributed by atoms with van der Waals surface area (Å²) in [5.74, 6) is -1.34. The number of esters is 1. The Hall–Kier alpha value is -1.25. The first-order valence-corrected chi connectivity index (χ1v) is 14.1. The van der Waals surface area contributed by atoms with Gasteiger partial charge in [-0.15, -0.1) is 0 Å². The molecule has 0 amide bonds. The molecule has 0 radical (unpaired) electrons. The third-order valence-corrected chi connectivity index (χ3v) is 11.5. The van der Waals surface area contributed by atoms with Crippen LogP contribution in [-0.4, -0.2) is 55.5 Å². The van der Waals surface area contributed by atoms with Crippen LogP contribution in [0.5, 0.6) is 0 Å². The lowest BCUT2D eigenvalue weighted by Crippen LogP contribution is -2.60. The maximum atomic E-state index is 12.4. The number of hydrogen-bond acceptors (Lipinski definition) is 6. The first-order valence-electron chi connectivity index (χ1n) is 11.1. The Morgan fingerprint density at radius 1 is 1.19 bits per heavy atom. The van der Waals surface area contributed by atoms with Gasteiger partial charge in [0.2, 0.25) is 0 Å². The molecule has 0 aromatic heterocycles. The van der Waals surface area contributed by atoms with Gasteiger partial charge in [-0.3, -0.25) is 0 Å². The molecule has 1 unspecified atom stereocenters. The van der Waals surface area contributed by atoms with E-state index in [0.29, 0.717) is 13.2 Å². The molecule has 31 heavy (non-hydrogen) atoms. The smallest absolute Gasteiger partial charge is 0.338 e. The van der Waals surface area contributed by atoms with Gasteiger partial charge in [0, 0.05) is 24.9 Å². The van der Waals surface area contributed by atoms with Gasteiger partial charge in [-0.05, 0) is 23.7 Å².